The maximum atomic E-state index is 12.5. The number of benzene rings is 1. The minimum Gasteiger partial charge on any atom is -0.332 e. The molecule has 1 aromatic carbocycles. The van der Waals surface area contributed by atoms with Crippen LogP contribution in [0.1, 0.15) is 24.3 Å². The molecule has 7 nitrogen and oxygen atoms in total. The fourth-order valence-electron chi connectivity index (χ4n) is 2.19. The number of nitrogens with zero attached hydrogens (tertiary/aromatic N) is 3. The number of aromatic nitrogens is 2. The van der Waals surface area contributed by atoms with Crippen LogP contribution in [0.15, 0.2) is 28.8 Å². The zero-order valence-corrected chi connectivity index (χ0v) is 13.2. The van der Waals surface area contributed by atoms with Gasteiger partial charge in [-0.3, -0.25) is 4.84 Å². The lowest BCUT2D eigenvalue weighted by molar-refractivity contribution is -0.159. The maximum absolute atomic E-state index is 12.5. The van der Waals surface area contributed by atoms with Gasteiger partial charge >= 0.3 is 18.1 Å². The number of hydrogen-bond donors (Lipinski definition) is 1. The molecule has 1 aliphatic rings. The number of amides is 2. The molecule has 1 N–H and O–H groups in total. The van der Waals surface area contributed by atoms with Crippen molar-refractivity contribution in [3.63, 3.8) is 0 Å². The second kappa shape index (κ2) is 6.71. The van der Waals surface area contributed by atoms with Crippen LogP contribution in [-0.4, -0.2) is 34.4 Å². The van der Waals surface area contributed by atoms with Gasteiger partial charge in [0.25, 0.3) is 0 Å². The highest BCUT2D eigenvalue weighted by atomic mass is 19.4. The summed E-state index contributed by atoms with van der Waals surface area (Å²) in [5.74, 6) is -1.54. The molecule has 1 aromatic heterocycles. The monoisotopic (exact) mass is 356 g/mol. The van der Waals surface area contributed by atoms with Crippen LogP contribution < -0.4 is 5.32 Å². The smallest absolute Gasteiger partial charge is 0.332 e. The number of carbonyl (C=O) groups excluding carboxylic acids is 1. The van der Waals surface area contributed by atoms with Crippen LogP contribution in [0.2, 0.25) is 0 Å². The summed E-state index contributed by atoms with van der Waals surface area (Å²) in [5.41, 5.74) is 1.15. The second-order valence-corrected chi connectivity index (χ2v) is 5.52. The van der Waals surface area contributed by atoms with Crippen LogP contribution in [0.5, 0.6) is 0 Å². The van der Waals surface area contributed by atoms with Gasteiger partial charge in [-0.1, -0.05) is 29.4 Å². The largest absolute Gasteiger partial charge is 0.471 e. The van der Waals surface area contributed by atoms with Crippen molar-refractivity contribution in [2.45, 2.75) is 31.6 Å². The van der Waals surface area contributed by atoms with Gasteiger partial charge in [-0.05, 0) is 18.4 Å². The van der Waals surface area contributed by atoms with Crippen molar-refractivity contribution in [2.75, 3.05) is 7.11 Å². The van der Waals surface area contributed by atoms with E-state index in [0.717, 1.165) is 18.4 Å². The third-order valence-electron chi connectivity index (χ3n) is 3.60. The second-order valence-electron chi connectivity index (χ2n) is 5.52. The molecule has 0 bridgehead atoms. The molecule has 1 fully saturated rings. The molecule has 25 heavy (non-hydrogen) atoms. The first kappa shape index (κ1) is 17.2. The zero-order valence-electron chi connectivity index (χ0n) is 13.2. The predicted molar refractivity (Wildman–Crippen MR) is 78.8 cm³/mol. The number of hydrogen-bond acceptors (Lipinski definition) is 5. The first-order valence-electron chi connectivity index (χ1n) is 7.50. The summed E-state index contributed by atoms with van der Waals surface area (Å²) >= 11 is 0. The Hall–Kier alpha value is -2.62. The van der Waals surface area contributed by atoms with Gasteiger partial charge in [0.1, 0.15) is 0 Å². The van der Waals surface area contributed by atoms with Crippen molar-refractivity contribution in [3.8, 4) is 11.4 Å². The summed E-state index contributed by atoms with van der Waals surface area (Å²) in [5, 5.41) is 7.33. The number of rotatable bonds is 5. The van der Waals surface area contributed by atoms with Crippen molar-refractivity contribution in [1.82, 2.24) is 20.5 Å². The predicted octanol–water partition coefficient (Wildman–Crippen LogP) is 2.99. The van der Waals surface area contributed by atoms with E-state index < -0.39 is 12.1 Å². The highest BCUT2D eigenvalue weighted by Crippen LogP contribution is 2.29. The molecule has 1 heterocycles. The standard InChI is InChI=1S/C15H15F3N4O3/c1-24-22(11-6-7-11)14(23)19-8-9-2-4-10(5-3-9)12-20-13(25-21-12)15(16,17)18/h2-5,11H,6-8H2,1H3,(H,19,23). The summed E-state index contributed by atoms with van der Waals surface area (Å²) in [6, 6.07) is 6.22. The van der Waals surface area contributed by atoms with Gasteiger partial charge in [0, 0.05) is 12.1 Å². The molecular formula is C15H15F3N4O3. The Bertz CT molecular complexity index is 741. The van der Waals surface area contributed by atoms with E-state index in [2.05, 4.69) is 20.0 Å². The summed E-state index contributed by atoms with van der Waals surface area (Å²) in [6.07, 6.45) is -2.84. The molecule has 1 aliphatic carbocycles. The number of halogens is 3. The van der Waals surface area contributed by atoms with Gasteiger partial charge in [0.15, 0.2) is 0 Å². The van der Waals surface area contributed by atoms with Gasteiger partial charge in [-0.25, -0.2) is 9.86 Å². The quantitative estimate of drug-likeness (QED) is 0.833. The summed E-state index contributed by atoms with van der Waals surface area (Å²) in [7, 11) is 1.44. The lowest BCUT2D eigenvalue weighted by Gasteiger charge is -2.19. The highest BCUT2D eigenvalue weighted by molar-refractivity contribution is 5.73. The molecule has 1 saturated carbocycles. The molecule has 2 amide bonds. The molecule has 0 spiro atoms. The molecule has 0 unspecified atom stereocenters. The fourth-order valence-corrected chi connectivity index (χ4v) is 2.19. The van der Waals surface area contributed by atoms with Crippen LogP contribution in [-0.2, 0) is 17.6 Å². The van der Waals surface area contributed by atoms with E-state index >= 15 is 0 Å². The Morgan fingerprint density at radius 3 is 2.56 bits per heavy atom. The zero-order chi connectivity index (χ0) is 18.0. The van der Waals surface area contributed by atoms with Crippen molar-refractivity contribution in [3.05, 3.63) is 35.7 Å². The summed E-state index contributed by atoms with van der Waals surface area (Å²) in [6.45, 7) is 0.256. The average Bonchev–Trinajstić information content (AvgIpc) is 3.27. The van der Waals surface area contributed by atoms with Crippen LogP contribution in [0.4, 0.5) is 18.0 Å². The van der Waals surface area contributed by atoms with Crippen LogP contribution >= 0.6 is 0 Å². The Balaban J connectivity index is 1.60. The molecule has 0 atom stereocenters. The van der Waals surface area contributed by atoms with Crippen LogP contribution in [0.25, 0.3) is 11.4 Å². The van der Waals surface area contributed by atoms with Crippen molar-refractivity contribution < 1.29 is 27.3 Å². The SMILES string of the molecule is CON(C(=O)NCc1ccc(-c2noc(C(F)(F)F)n2)cc1)C1CC1. The van der Waals surface area contributed by atoms with Gasteiger partial charge in [0.05, 0.1) is 13.2 Å². The van der Waals surface area contributed by atoms with Crippen molar-refractivity contribution >= 4 is 6.03 Å². The Kier molecular flexibility index (Phi) is 4.62. The van der Waals surface area contributed by atoms with Gasteiger partial charge < -0.3 is 9.84 Å². The van der Waals surface area contributed by atoms with Crippen LogP contribution in [0.3, 0.4) is 0 Å². The van der Waals surface area contributed by atoms with Gasteiger partial charge in [-0.2, -0.15) is 18.2 Å². The van der Waals surface area contributed by atoms with E-state index in [0.29, 0.717) is 5.56 Å². The molecular weight excluding hydrogens is 341 g/mol. The van der Waals surface area contributed by atoms with Gasteiger partial charge in [0.2, 0.25) is 5.82 Å². The number of carbonyl (C=O) groups is 1. The molecule has 2 aromatic rings. The van der Waals surface area contributed by atoms with E-state index in [9.17, 15) is 18.0 Å². The molecule has 134 valence electrons. The first-order valence-corrected chi connectivity index (χ1v) is 7.50. The number of nitrogens with one attached hydrogen (secondary N) is 1. The van der Waals surface area contributed by atoms with Crippen molar-refractivity contribution in [1.29, 1.82) is 0 Å². The minimum atomic E-state index is -4.68. The molecule has 10 heteroatoms. The third-order valence-corrected chi connectivity index (χ3v) is 3.60. The molecule has 3 rings (SSSR count). The average molecular weight is 356 g/mol. The Labute approximate surface area is 140 Å². The summed E-state index contributed by atoms with van der Waals surface area (Å²) < 4.78 is 41.6. The van der Waals surface area contributed by atoms with E-state index in [1.54, 1.807) is 24.3 Å². The molecule has 0 saturated heterocycles. The fraction of sp³-hybridized carbons (Fsp3) is 0.400. The van der Waals surface area contributed by atoms with Gasteiger partial charge in [-0.15, -0.1) is 0 Å². The highest BCUT2D eigenvalue weighted by Gasteiger charge is 2.38. The Morgan fingerprint density at radius 1 is 1.36 bits per heavy atom. The molecule has 0 radical (unpaired) electrons. The third kappa shape index (κ3) is 4.08. The van der Waals surface area contributed by atoms with E-state index in [4.69, 9.17) is 4.84 Å². The lowest BCUT2D eigenvalue weighted by atomic mass is 10.1. The Morgan fingerprint density at radius 2 is 2.04 bits per heavy atom. The lowest BCUT2D eigenvalue weighted by Crippen LogP contribution is -2.40. The first-order chi connectivity index (χ1) is 11.9. The van der Waals surface area contributed by atoms with E-state index in [1.165, 1.54) is 12.2 Å². The van der Waals surface area contributed by atoms with Crippen LogP contribution in [0, 0.1) is 0 Å². The minimum absolute atomic E-state index is 0.119. The van der Waals surface area contributed by atoms with Crippen molar-refractivity contribution in [2.24, 2.45) is 0 Å². The topological polar surface area (TPSA) is 80.5 Å². The number of alkyl halides is 3. The molecule has 0 aliphatic heterocycles. The number of urea groups is 1. The van der Waals surface area contributed by atoms with E-state index in [-0.39, 0.29) is 24.4 Å². The summed E-state index contributed by atoms with van der Waals surface area (Å²) in [4.78, 5) is 20.3. The number of hydroxylamine groups is 2. The normalized spacial score (nSPS) is 14.4. The van der Waals surface area contributed by atoms with E-state index in [1.807, 2.05) is 0 Å². The maximum Gasteiger partial charge on any atom is 0.471 e.